The molecule has 0 bridgehead atoms. The Labute approximate surface area is 122 Å². The van der Waals surface area contributed by atoms with Gasteiger partial charge in [-0.15, -0.1) is 0 Å². The highest BCUT2D eigenvalue weighted by Gasteiger charge is 2.24. The summed E-state index contributed by atoms with van der Waals surface area (Å²) in [4.78, 5) is 0.202. The number of ether oxygens (including phenoxy) is 1. The minimum Gasteiger partial charge on any atom is -0.495 e. The van der Waals surface area contributed by atoms with Crippen LogP contribution in [-0.4, -0.2) is 21.6 Å². The highest BCUT2D eigenvalue weighted by atomic mass is 32.2. The molecule has 1 unspecified atom stereocenters. The summed E-state index contributed by atoms with van der Waals surface area (Å²) in [5.74, 6) is 0.369. The first-order chi connectivity index (χ1) is 9.11. The maximum Gasteiger partial charge on any atom is 0.244 e. The molecule has 0 fully saturated rings. The highest BCUT2D eigenvalue weighted by Crippen LogP contribution is 2.30. The van der Waals surface area contributed by atoms with Crippen molar-refractivity contribution in [3.8, 4) is 5.75 Å². The monoisotopic (exact) mass is 299 g/mol. The molecule has 1 atom stereocenters. The summed E-state index contributed by atoms with van der Waals surface area (Å²) < 4.78 is 32.8. The quantitative estimate of drug-likeness (QED) is 0.909. The molecule has 0 radical (unpaired) electrons. The second kappa shape index (κ2) is 6.14. The standard InChI is InChI=1S/C15H25NO3S/c1-7-11(2)16-20(17,18)14-10-12(15(3,4)5)8-9-13(14)19-6/h8-11,16H,7H2,1-6H3. The number of methoxy groups -OCH3 is 1. The zero-order chi connectivity index (χ0) is 15.6. The Hall–Kier alpha value is -1.07. The molecule has 0 amide bonds. The Morgan fingerprint density at radius 3 is 2.35 bits per heavy atom. The predicted octanol–water partition coefficient (Wildman–Crippen LogP) is 3.07. The number of benzene rings is 1. The van der Waals surface area contributed by atoms with Crippen LogP contribution in [0.3, 0.4) is 0 Å². The summed E-state index contributed by atoms with van der Waals surface area (Å²) in [6.45, 7) is 9.93. The molecule has 0 spiro atoms. The van der Waals surface area contributed by atoms with E-state index in [1.54, 1.807) is 12.1 Å². The first-order valence-corrected chi connectivity index (χ1v) is 8.31. The van der Waals surface area contributed by atoms with E-state index in [0.717, 1.165) is 12.0 Å². The van der Waals surface area contributed by atoms with Crippen LogP contribution >= 0.6 is 0 Å². The van der Waals surface area contributed by atoms with Gasteiger partial charge in [-0.2, -0.15) is 0 Å². The topological polar surface area (TPSA) is 55.4 Å². The van der Waals surface area contributed by atoms with E-state index in [2.05, 4.69) is 4.72 Å². The predicted molar refractivity (Wildman–Crippen MR) is 81.8 cm³/mol. The van der Waals surface area contributed by atoms with E-state index in [1.807, 2.05) is 40.7 Å². The van der Waals surface area contributed by atoms with E-state index in [-0.39, 0.29) is 16.4 Å². The zero-order valence-electron chi connectivity index (χ0n) is 13.1. The van der Waals surface area contributed by atoms with Gasteiger partial charge in [-0.25, -0.2) is 13.1 Å². The number of hydrogen-bond donors (Lipinski definition) is 1. The fourth-order valence-electron chi connectivity index (χ4n) is 1.76. The molecule has 0 aliphatic carbocycles. The Balaban J connectivity index is 3.34. The maximum atomic E-state index is 12.5. The van der Waals surface area contributed by atoms with Crippen LogP contribution in [0.5, 0.6) is 5.75 Å². The molecular weight excluding hydrogens is 274 g/mol. The third-order valence-corrected chi connectivity index (χ3v) is 4.90. The molecule has 0 saturated carbocycles. The van der Waals surface area contributed by atoms with Gasteiger partial charge in [0, 0.05) is 6.04 Å². The third kappa shape index (κ3) is 3.96. The number of nitrogens with one attached hydrogen (secondary N) is 1. The van der Waals surface area contributed by atoms with Gasteiger partial charge in [0.15, 0.2) is 0 Å². The lowest BCUT2D eigenvalue weighted by Crippen LogP contribution is -2.32. The summed E-state index contributed by atoms with van der Waals surface area (Å²) in [5, 5.41) is 0. The summed E-state index contributed by atoms with van der Waals surface area (Å²) in [5.41, 5.74) is 0.843. The van der Waals surface area contributed by atoms with Crippen molar-refractivity contribution >= 4 is 10.0 Å². The minimum atomic E-state index is -3.57. The fraction of sp³-hybridized carbons (Fsp3) is 0.600. The van der Waals surface area contributed by atoms with Crippen LogP contribution in [0.4, 0.5) is 0 Å². The molecule has 0 saturated heterocycles. The van der Waals surface area contributed by atoms with E-state index >= 15 is 0 Å². The molecule has 5 heteroatoms. The summed E-state index contributed by atoms with van der Waals surface area (Å²) in [6, 6.07) is 5.21. The average Bonchev–Trinajstić information content (AvgIpc) is 2.36. The summed E-state index contributed by atoms with van der Waals surface area (Å²) >= 11 is 0. The van der Waals surface area contributed by atoms with Crippen LogP contribution in [-0.2, 0) is 15.4 Å². The second-order valence-electron chi connectivity index (χ2n) is 6.05. The van der Waals surface area contributed by atoms with Gasteiger partial charge in [-0.3, -0.25) is 0 Å². The molecule has 0 aliphatic heterocycles. The highest BCUT2D eigenvalue weighted by molar-refractivity contribution is 7.89. The minimum absolute atomic E-state index is 0.108. The van der Waals surface area contributed by atoms with Crippen molar-refractivity contribution in [1.29, 1.82) is 0 Å². The molecule has 0 heterocycles. The van der Waals surface area contributed by atoms with Gasteiger partial charge in [-0.1, -0.05) is 33.8 Å². The zero-order valence-corrected chi connectivity index (χ0v) is 14.0. The van der Waals surface area contributed by atoms with Gasteiger partial charge in [-0.05, 0) is 36.5 Å². The van der Waals surface area contributed by atoms with Crippen LogP contribution in [0.2, 0.25) is 0 Å². The van der Waals surface area contributed by atoms with E-state index in [4.69, 9.17) is 4.74 Å². The van der Waals surface area contributed by atoms with E-state index in [9.17, 15) is 8.42 Å². The molecule has 1 rings (SSSR count). The Bertz CT molecular complexity index is 559. The molecular formula is C15H25NO3S. The van der Waals surface area contributed by atoms with Gasteiger partial charge >= 0.3 is 0 Å². The van der Waals surface area contributed by atoms with Crippen LogP contribution < -0.4 is 9.46 Å². The van der Waals surface area contributed by atoms with Gasteiger partial charge < -0.3 is 4.74 Å². The summed E-state index contributed by atoms with van der Waals surface area (Å²) in [6.07, 6.45) is 0.737. The summed E-state index contributed by atoms with van der Waals surface area (Å²) in [7, 11) is -2.09. The number of hydrogen-bond acceptors (Lipinski definition) is 3. The van der Waals surface area contributed by atoms with Crippen molar-refractivity contribution in [2.24, 2.45) is 0 Å². The van der Waals surface area contributed by atoms with E-state index in [0.29, 0.717) is 5.75 Å². The van der Waals surface area contributed by atoms with E-state index in [1.165, 1.54) is 7.11 Å². The van der Waals surface area contributed by atoms with Crippen molar-refractivity contribution < 1.29 is 13.2 Å². The van der Waals surface area contributed by atoms with Crippen molar-refractivity contribution in [3.63, 3.8) is 0 Å². The smallest absolute Gasteiger partial charge is 0.244 e. The Morgan fingerprint density at radius 1 is 1.30 bits per heavy atom. The molecule has 1 aromatic carbocycles. The van der Waals surface area contributed by atoms with Crippen molar-refractivity contribution in [1.82, 2.24) is 4.72 Å². The van der Waals surface area contributed by atoms with Crippen molar-refractivity contribution in [2.45, 2.75) is 57.4 Å². The SMILES string of the molecule is CCC(C)NS(=O)(=O)c1cc(C(C)(C)C)ccc1OC. The largest absolute Gasteiger partial charge is 0.495 e. The van der Waals surface area contributed by atoms with Gasteiger partial charge in [0.25, 0.3) is 0 Å². The molecule has 0 aliphatic rings. The third-order valence-electron chi connectivity index (χ3n) is 3.29. The number of rotatable bonds is 5. The van der Waals surface area contributed by atoms with Crippen molar-refractivity contribution in [2.75, 3.05) is 7.11 Å². The molecule has 4 nitrogen and oxygen atoms in total. The molecule has 0 aromatic heterocycles. The lowest BCUT2D eigenvalue weighted by molar-refractivity contribution is 0.401. The van der Waals surface area contributed by atoms with Gasteiger partial charge in [0.1, 0.15) is 10.6 Å². The first kappa shape index (κ1) is 17.0. The van der Waals surface area contributed by atoms with Gasteiger partial charge in [0.2, 0.25) is 10.0 Å². The average molecular weight is 299 g/mol. The van der Waals surface area contributed by atoms with Crippen molar-refractivity contribution in [3.05, 3.63) is 23.8 Å². The number of sulfonamides is 1. The lowest BCUT2D eigenvalue weighted by atomic mass is 9.87. The maximum absolute atomic E-state index is 12.5. The van der Waals surface area contributed by atoms with Crippen LogP contribution in [0.25, 0.3) is 0 Å². The fourth-order valence-corrected chi connectivity index (χ4v) is 3.29. The molecule has 20 heavy (non-hydrogen) atoms. The lowest BCUT2D eigenvalue weighted by Gasteiger charge is -2.21. The van der Waals surface area contributed by atoms with Crippen LogP contribution in [0, 0.1) is 0 Å². The van der Waals surface area contributed by atoms with Crippen LogP contribution in [0.15, 0.2) is 23.1 Å². The van der Waals surface area contributed by atoms with E-state index < -0.39 is 10.0 Å². The molecule has 1 N–H and O–H groups in total. The van der Waals surface area contributed by atoms with Gasteiger partial charge in [0.05, 0.1) is 7.11 Å². The van der Waals surface area contributed by atoms with Crippen LogP contribution in [0.1, 0.15) is 46.6 Å². The Morgan fingerprint density at radius 2 is 1.90 bits per heavy atom. The second-order valence-corrected chi connectivity index (χ2v) is 7.73. The normalized spacial score (nSPS) is 14.1. The first-order valence-electron chi connectivity index (χ1n) is 6.82. The molecule has 114 valence electrons. The molecule has 1 aromatic rings. The Kier molecular flexibility index (Phi) is 5.21.